The first-order valence-corrected chi connectivity index (χ1v) is 4.30. The van der Waals surface area contributed by atoms with Gasteiger partial charge in [0.1, 0.15) is 6.10 Å². The summed E-state index contributed by atoms with van der Waals surface area (Å²) in [5, 5.41) is 0. The lowest BCUT2D eigenvalue weighted by atomic mass is 10.1. The maximum atomic E-state index is 10.1. The van der Waals surface area contributed by atoms with Gasteiger partial charge in [0.15, 0.2) is 11.5 Å². The fraction of sp³-hybridized carbons (Fsp3) is 0.300. The van der Waals surface area contributed by atoms with Crippen LogP contribution in [0.25, 0.3) is 0 Å². The topological polar surface area (TPSA) is 44.8 Å². The van der Waals surface area contributed by atoms with E-state index in [1.54, 1.807) is 6.92 Å². The normalized spacial score (nSPS) is 14.9. The summed E-state index contributed by atoms with van der Waals surface area (Å²) in [6.07, 6.45) is -0.262. The first kappa shape index (κ1) is 8.87. The molecule has 1 aromatic carbocycles. The molecule has 0 bridgehead atoms. The Labute approximate surface area is 81.4 Å². The van der Waals surface area contributed by atoms with E-state index in [1.165, 1.54) is 0 Å². The van der Waals surface area contributed by atoms with Crippen LogP contribution in [0.4, 0.5) is 0 Å². The van der Waals surface area contributed by atoms with Crippen molar-refractivity contribution in [3.8, 4) is 11.5 Å². The van der Waals surface area contributed by atoms with E-state index < -0.39 is 0 Å². The zero-order valence-electron chi connectivity index (χ0n) is 7.73. The van der Waals surface area contributed by atoms with Gasteiger partial charge in [0.25, 0.3) is 6.47 Å². The molecule has 1 aliphatic heterocycles. The molecule has 4 nitrogen and oxygen atoms in total. The van der Waals surface area contributed by atoms with E-state index in [0.717, 1.165) is 11.3 Å². The van der Waals surface area contributed by atoms with Gasteiger partial charge in [-0.2, -0.15) is 0 Å². The van der Waals surface area contributed by atoms with Crippen LogP contribution < -0.4 is 9.47 Å². The lowest BCUT2D eigenvalue weighted by Gasteiger charge is -2.09. The number of fused-ring (bicyclic) bond motifs is 1. The predicted octanol–water partition coefficient (Wildman–Crippen LogP) is 1.65. The molecule has 0 aromatic heterocycles. The van der Waals surface area contributed by atoms with Gasteiger partial charge in [-0.3, -0.25) is 4.79 Å². The minimum Gasteiger partial charge on any atom is -0.460 e. The van der Waals surface area contributed by atoms with Crippen molar-refractivity contribution in [2.24, 2.45) is 0 Å². The van der Waals surface area contributed by atoms with Crippen molar-refractivity contribution in [2.75, 3.05) is 6.79 Å². The Hall–Kier alpha value is -1.71. The summed E-state index contributed by atoms with van der Waals surface area (Å²) in [5.41, 5.74) is 0.890. The molecule has 74 valence electrons. The van der Waals surface area contributed by atoms with Crippen LogP contribution in [0.5, 0.6) is 11.5 Å². The summed E-state index contributed by atoms with van der Waals surface area (Å²) in [7, 11) is 0. The molecule has 0 radical (unpaired) electrons. The first-order chi connectivity index (χ1) is 6.81. The Balaban J connectivity index is 2.23. The molecule has 0 N–H and O–H groups in total. The number of hydrogen-bond donors (Lipinski definition) is 0. The lowest BCUT2D eigenvalue weighted by Crippen LogP contribution is -1.97. The van der Waals surface area contributed by atoms with Crippen LogP contribution in [0.3, 0.4) is 0 Å². The number of rotatable bonds is 3. The van der Waals surface area contributed by atoms with Crippen molar-refractivity contribution < 1.29 is 19.0 Å². The highest BCUT2D eigenvalue weighted by molar-refractivity contribution is 5.46. The average molecular weight is 194 g/mol. The Bertz CT molecular complexity index is 348. The van der Waals surface area contributed by atoms with Gasteiger partial charge in [-0.15, -0.1) is 0 Å². The average Bonchev–Trinajstić information content (AvgIpc) is 2.64. The molecule has 2 rings (SSSR count). The monoisotopic (exact) mass is 194 g/mol. The molecule has 1 heterocycles. The third-order valence-corrected chi connectivity index (χ3v) is 2.13. The third-order valence-electron chi connectivity index (χ3n) is 2.13. The van der Waals surface area contributed by atoms with Crippen molar-refractivity contribution >= 4 is 6.47 Å². The van der Waals surface area contributed by atoms with Crippen molar-refractivity contribution in [1.82, 2.24) is 0 Å². The summed E-state index contributed by atoms with van der Waals surface area (Å²) in [6, 6.07) is 5.47. The third kappa shape index (κ3) is 1.51. The molecule has 1 aromatic rings. The second kappa shape index (κ2) is 3.57. The van der Waals surface area contributed by atoms with E-state index >= 15 is 0 Å². The van der Waals surface area contributed by atoms with Gasteiger partial charge < -0.3 is 14.2 Å². The zero-order chi connectivity index (χ0) is 9.97. The summed E-state index contributed by atoms with van der Waals surface area (Å²) < 4.78 is 15.2. The predicted molar refractivity (Wildman–Crippen MR) is 48.1 cm³/mol. The van der Waals surface area contributed by atoms with Gasteiger partial charge in [-0.05, 0) is 24.6 Å². The Morgan fingerprint density at radius 3 is 3.00 bits per heavy atom. The van der Waals surface area contributed by atoms with E-state index in [2.05, 4.69) is 0 Å². The van der Waals surface area contributed by atoms with Crippen LogP contribution in [0, 0.1) is 0 Å². The maximum absolute atomic E-state index is 10.1. The maximum Gasteiger partial charge on any atom is 0.293 e. The van der Waals surface area contributed by atoms with E-state index in [4.69, 9.17) is 14.2 Å². The minimum absolute atomic E-state index is 0.252. The zero-order valence-corrected chi connectivity index (χ0v) is 7.73. The van der Waals surface area contributed by atoms with Gasteiger partial charge in [0.2, 0.25) is 6.79 Å². The minimum atomic E-state index is -0.262. The molecule has 4 heteroatoms. The molecular weight excluding hydrogens is 184 g/mol. The Kier molecular flexibility index (Phi) is 2.26. The molecule has 14 heavy (non-hydrogen) atoms. The second-order valence-corrected chi connectivity index (χ2v) is 2.99. The Morgan fingerprint density at radius 2 is 2.21 bits per heavy atom. The molecule has 1 aliphatic rings. The van der Waals surface area contributed by atoms with Crippen LogP contribution >= 0.6 is 0 Å². The van der Waals surface area contributed by atoms with Crippen LogP contribution in [0.1, 0.15) is 18.6 Å². The number of carbonyl (C=O) groups is 1. The van der Waals surface area contributed by atoms with Gasteiger partial charge in [-0.25, -0.2) is 0 Å². The van der Waals surface area contributed by atoms with Crippen molar-refractivity contribution in [3.63, 3.8) is 0 Å². The van der Waals surface area contributed by atoms with Gasteiger partial charge in [0.05, 0.1) is 0 Å². The van der Waals surface area contributed by atoms with Crippen LogP contribution in [0.15, 0.2) is 18.2 Å². The van der Waals surface area contributed by atoms with E-state index in [9.17, 15) is 4.79 Å². The molecule has 1 atom stereocenters. The van der Waals surface area contributed by atoms with Crippen molar-refractivity contribution in [3.05, 3.63) is 23.8 Å². The van der Waals surface area contributed by atoms with Crippen molar-refractivity contribution in [1.29, 1.82) is 0 Å². The molecule has 1 unspecified atom stereocenters. The number of ether oxygens (including phenoxy) is 3. The van der Waals surface area contributed by atoms with E-state index in [-0.39, 0.29) is 12.9 Å². The van der Waals surface area contributed by atoms with E-state index in [1.807, 2.05) is 18.2 Å². The van der Waals surface area contributed by atoms with Gasteiger partial charge >= 0.3 is 0 Å². The fourth-order valence-electron chi connectivity index (χ4n) is 1.33. The molecule has 0 saturated carbocycles. The fourth-order valence-corrected chi connectivity index (χ4v) is 1.33. The molecule has 0 amide bonds. The highest BCUT2D eigenvalue weighted by Crippen LogP contribution is 2.34. The first-order valence-electron chi connectivity index (χ1n) is 4.30. The number of benzene rings is 1. The lowest BCUT2D eigenvalue weighted by molar-refractivity contribution is -0.133. The van der Waals surface area contributed by atoms with E-state index in [0.29, 0.717) is 12.2 Å². The summed E-state index contributed by atoms with van der Waals surface area (Å²) in [6.45, 7) is 2.49. The molecule has 0 saturated heterocycles. The second-order valence-electron chi connectivity index (χ2n) is 2.99. The quantitative estimate of drug-likeness (QED) is 0.686. The largest absolute Gasteiger partial charge is 0.460 e. The summed E-state index contributed by atoms with van der Waals surface area (Å²) in [5.74, 6) is 1.43. The number of carbonyl (C=O) groups excluding carboxylic acids is 1. The summed E-state index contributed by atoms with van der Waals surface area (Å²) in [4.78, 5) is 10.1. The number of hydrogen-bond acceptors (Lipinski definition) is 4. The SMILES string of the molecule is CC(OC=O)c1ccc2c(c1)OCO2. The van der Waals surface area contributed by atoms with Gasteiger partial charge in [-0.1, -0.05) is 6.07 Å². The smallest absolute Gasteiger partial charge is 0.293 e. The van der Waals surface area contributed by atoms with Crippen LogP contribution in [-0.4, -0.2) is 13.3 Å². The highest BCUT2D eigenvalue weighted by atomic mass is 16.7. The molecule has 0 spiro atoms. The molecular formula is C10H10O4. The van der Waals surface area contributed by atoms with Crippen LogP contribution in [-0.2, 0) is 9.53 Å². The van der Waals surface area contributed by atoms with Crippen LogP contribution in [0.2, 0.25) is 0 Å². The molecule has 0 aliphatic carbocycles. The van der Waals surface area contributed by atoms with Crippen molar-refractivity contribution in [2.45, 2.75) is 13.0 Å². The van der Waals surface area contributed by atoms with Gasteiger partial charge in [0, 0.05) is 0 Å². The highest BCUT2D eigenvalue weighted by Gasteiger charge is 2.15. The Morgan fingerprint density at radius 1 is 1.43 bits per heavy atom. The molecule has 0 fully saturated rings. The summed E-state index contributed by atoms with van der Waals surface area (Å²) >= 11 is 0. The standard InChI is InChI=1S/C10H10O4/c1-7(12-5-11)8-2-3-9-10(4-8)14-6-13-9/h2-5,7H,6H2,1H3.